The van der Waals surface area contributed by atoms with Crippen molar-refractivity contribution >= 4 is 39.1 Å². The Morgan fingerprint density at radius 2 is 1.46 bits per heavy atom. The third-order valence-electron chi connectivity index (χ3n) is 7.52. The number of aryl methyl sites for hydroxylation is 3. The number of anilines is 1. The molecule has 1 N–H and O–H groups in total. The fraction of sp³-hybridized carbons (Fsp3) is 0.297. The molecule has 0 unspecified atom stereocenters. The molecule has 7 nitrogen and oxygen atoms in total. The Morgan fingerprint density at radius 1 is 0.804 bits per heavy atom. The van der Waals surface area contributed by atoms with Gasteiger partial charge in [-0.1, -0.05) is 89.5 Å². The van der Waals surface area contributed by atoms with E-state index >= 15 is 0 Å². The van der Waals surface area contributed by atoms with Crippen LogP contribution in [0.5, 0.6) is 0 Å². The Bertz CT molecular complexity index is 1790. The van der Waals surface area contributed by atoms with E-state index < -0.39 is 34.1 Å². The SMILES string of the molecule is Cc1ccc(S(=O)(=O)N(CC(=O)N(Cc2cccc(C)c2)[C@H](Cc2ccccc2)C(=O)NC(C)(C)C)c2ccc(Cl)cc2C)cc1. The summed E-state index contributed by atoms with van der Waals surface area (Å²) in [6, 6.07) is 27.7. The molecule has 0 aromatic heterocycles. The second kappa shape index (κ2) is 14.5. The number of rotatable bonds is 11. The highest BCUT2D eigenvalue weighted by Gasteiger charge is 2.36. The highest BCUT2D eigenvalue weighted by molar-refractivity contribution is 7.92. The summed E-state index contributed by atoms with van der Waals surface area (Å²) in [7, 11) is -4.21. The number of carbonyl (C=O) groups is 2. The van der Waals surface area contributed by atoms with Crippen molar-refractivity contribution in [3.8, 4) is 0 Å². The molecule has 0 aliphatic heterocycles. The van der Waals surface area contributed by atoms with Gasteiger partial charge in [-0.15, -0.1) is 0 Å². The number of sulfonamides is 1. The molecular formula is C37H42ClN3O4S. The third-order valence-corrected chi connectivity index (χ3v) is 9.53. The number of carbonyl (C=O) groups excluding carboxylic acids is 2. The molecule has 4 aromatic rings. The average Bonchev–Trinajstić information content (AvgIpc) is 2.98. The topological polar surface area (TPSA) is 86.8 Å². The summed E-state index contributed by atoms with van der Waals surface area (Å²) in [6.45, 7) is 10.8. The summed E-state index contributed by atoms with van der Waals surface area (Å²) in [6.07, 6.45) is 0.241. The van der Waals surface area contributed by atoms with E-state index in [0.717, 1.165) is 26.6 Å². The maximum absolute atomic E-state index is 14.6. The molecule has 2 amide bonds. The van der Waals surface area contributed by atoms with Crippen LogP contribution in [0.25, 0.3) is 0 Å². The van der Waals surface area contributed by atoms with E-state index in [-0.39, 0.29) is 23.8 Å². The summed E-state index contributed by atoms with van der Waals surface area (Å²) in [5.74, 6) is -0.843. The van der Waals surface area contributed by atoms with Crippen molar-refractivity contribution < 1.29 is 18.0 Å². The summed E-state index contributed by atoms with van der Waals surface area (Å²) in [5.41, 5.74) is 3.96. The Balaban J connectivity index is 1.84. The van der Waals surface area contributed by atoms with Crippen LogP contribution in [0.15, 0.2) is 102 Å². The zero-order chi connectivity index (χ0) is 33.6. The van der Waals surface area contributed by atoms with E-state index in [2.05, 4.69) is 5.32 Å². The van der Waals surface area contributed by atoms with Crippen molar-refractivity contribution in [1.82, 2.24) is 10.2 Å². The van der Waals surface area contributed by atoms with E-state index in [4.69, 9.17) is 11.6 Å². The largest absolute Gasteiger partial charge is 0.350 e. The monoisotopic (exact) mass is 659 g/mol. The number of nitrogens with zero attached hydrogens (tertiary/aromatic N) is 2. The highest BCUT2D eigenvalue weighted by atomic mass is 35.5. The van der Waals surface area contributed by atoms with Gasteiger partial charge < -0.3 is 10.2 Å². The fourth-order valence-electron chi connectivity index (χ4n) is 5.26. The second-order valence-corrected chi connectivity index (χ2v) is 15.0. The summed E-state index contributed by atoms with van der Waals surface area (Å²) in [4.78, 5) is 30.2. The predicted octanol–water partition coefficient (Wildman–Crippen LogP) is 7.02. The lowest BCUT2D eigenvalue weighted by atomic mass is 10.0. The summed E-state index contributed by atoms with van der Waals surface area (Å²) < 4.78 is 29.7. The van der Waals surface area contributed by atoms with E-state index in [0.29, 0.717) is 16.3 Å². The molecule has 0 saturated heterocycles. The van der Waals surface area contributed by atoms with Gasteiger partial charge in [-0.25, -0.2) is 8.42 Å². The van der Waals surface area contributed by atoms with Crippen LogP contribution in [0.1, 0.15) is 48.6 Å². The van der Waals surface area contributed by atoms with Crippen LogP contribution in [-0.4, -0.2) is 43.3 Å². The number of nitrogens with one attached hydrogen (secondary N) is 1. The van der Waals surface area contributed by atoms with Crippen LogP contribution in [0, 0.1) is 20.8 Å². The molecule has 4 rings (SSSR count). The van der Waals surface area contributed by atoms with Gasteiger partial charge in [0.2, 0.25) is 11.8 Å². The maximum atomic E-state index is 14.6. The Kier molecular flexibility index (Phi) is 11.0. The molecule has 4 aromatic carbocycles. The van der Waals surface area contributed by atoms with Gasteiger partial charge >= 0.3 is 0 Å². The second-order valence-electron chi connectivity index (χ2n) is 12.7. The molecule has 0 aliphatic carbocycles. The smallest absolute Gasteiger partial charge is 0.264 e. The van der Waals surface area contributed by atoms with E-state index in [1.807, 2.05) is 89.2 Å². The summed E-state index contributed by atoms with van der Waals surface area (Å²) in [5, 5.41) is 3.50. The van der Waals surface area contributed by atoms with Gasteiger partial charge in [-0.2, -0.15) is 0 Å². The van der Waals surface area contributed by atoms with E-state index in [9.17, 15) is 18.0 Å². The predicted molar refractivity (Wildman–Crippen MR) is 185 cm³/mol. The first-order valence-corrected chi connectivity index (χ1v) is 17.0. The normalized spacial score (nSPS) is 12.3. The Labute approximate surface area is 278 Å². The first-order chi connectivity index (χ1) is 21.6. The van der Waals surface area contributed by atoms with Crippen molar-refractivity contribution in [1.29, 1.82) is 0 Å². The minimum atomic E-state index is -4.21. The zero-order valence-electron chi connectivity index (χ0n) is 27.2. The fourth-order valence-corrected chi connectivity index (χ4v) is 6.97. The lowest BCUT2D eigenvalue weighted by molar-refractivity contribution is -0.140. The molecule has 9 heteroatoms. The molecule has 46 heavy (non-hydrogen) atoms. The molecule has 0 bridgehead atoms. The Hall–Kier alpha value is -4.14. The number of halogens is 1. The average molecular weight is 660 g/mol. The quantitative estimate of drug-likeness (QED) is 0.188. The third kappa shape index (κ3) is 8.98. The van der Waals surface area contributed by atoms with Crippen molar-refractivity contribution in [2.45, 2.75) is 71.0 Å². The molecule has 0 heterocycles. The van der Waals surface area contributed by atoms with Crippen LogP contribution < -0.4 is 9.62 Å². The molecule has 0 spiro atoms. The van der Waals surface area contributed by atoms with Crippen LogP contribution >= 0.6 is 11.6 Å². The van der Waals surface area contributed by atoms with Gasteiger partial charge in [0.25, 0.3) is 10.0 Å². The van der Waals surface area contributed by atoms with Crippen molar-refractivity contribution in [3.63, 3.8) is 0 Å². The summed E-state index contributed by atoms with van der Waals surface area (Å²) >= 11 is 6.25. The number of amides is 2. The van der Waals surface area contributed by atoms with Gasteiger partial charge in [0.1, 0.15) is 12.6 Å². The number of hydrogen-bond acceptors (Lipinski definition) is 4. The van der Waals surface area contributed by atoms with Crippen LogP contribution in [0.2, 0.25) is 5.02 Å². The standard InChI is InChI=1S/C37H42ClN3O4S/c1-26-15-18-32(19-16-26)46(44,45)41(33-20-17-31(38)22-28(33)3)25-35(42)40(24-30-14-10-11-27(2)21-30)34(36(43)39-37(4,5)6)23-29-12-8-7-9-13-29/h7-22,34H,23-25H2,1-6H3,(H,39,43)/t34-/m1/s1. The zero-order valence-corrected chi connectivity index (χ0v) is 28.8. The molecular weight excluding hydrogens is 618 g/mol. The number of benzene rings is 4. The molecule has 0 saturated carbocycles. The molecule has 0 aliphatic rings. The lowest BCUT2D eigenvalue weighted by Crippen LogP contribution is -2.56. The van der Waals surface area contributed by atoms with Gasteiger partial charge in [0.15, 0.2) is 0 Å². The number of hydrogen-bond donors (Lipinski definition) is 1. The minimum absolute atomic E-state index is 0.0526. The first kappa shape index (κ1) is 34.7. The van der Waals surface area contributed by atoms with Crippen molar-refractivity contribution in [3.05, 3.63) is 130 Å². The van der Waals surface area contributed by atoms with Crippen LogP contribution in [0.3, 0.4) is 0 Å². The van der Waals surface area contributed by atoms with Crippen molar-refractivity contribution in [2.75, 3.05) is 10.8 Å². The lowest BCUT2D eigenvalue weighted by Gasteiger charge is -2.35. The van der Waals surface area contributed by atoms with Gasteiger partial charge in [0, 0.05) is 23.5 Å². The van der Waals surface area contributed by atoms with Gasteiger partial charge in [-0.3, -0.25) is 13.9 Å². The minimum Gasteiger partial charge on any atom is -0.350 e. The molecule has 0 fully saturated rings. The Morgan fingerprint density at radius 3 is 2.07 bits per heavy atom. The molecule has 1 atom stereocenters. The van der Waals surface area contributed by atoms with E-state index in [1.165, 1.54) is 17.0 Å². The first-order valence-electron chi connectivity index (χ1n) is 15.2. The van der Waals surface area contributed by atoms with E-state index in [1.54, 1.807) is 37.3 Å². The maximum Gasteiger partial charge on any atom is 0.264 e. The molecule has 0 radical (unpaired) electrons. The van der Waals surface area contributed by atoms with Gasteiger partial charge in [-0.05, 0) is 88.6 Å². The van der Waals surface area contributed by atoms with Gasteiger partial charge in [0.05, 0.1) is 10.6 Å². The molecule has 242 valence electrons. The van der Waals surface area contributed by atoms with Crippen LogP contribution in [-0.2, 0) is 32.6 Å². The highest BCUT2D eigenvalue weighted by Crippen LogP contribution is 2.30. The van der Waals surface area contributed by atoms with Crippen LogP contribution in [0.4, 0.5) is 5.69 Å². The van der Waals surface area contributed by atoms with Crippen molar-refractivity contribution in [2.24, 2.45) is 0 Å².